The van der Waals surface area contributed by atoms with Crippen LogP contribution < -0.4 is 10.2 Å². The number of nitrogens with one attached hydrogen (secondary N) is 1. The van der Waals surface area contributed by atoms with Crippen molar-refractivity contribution in [3.8, 4) is 0 Å². The summed E-state index contributed by atoms with van der Waals surface area (Å²) in [7, 11) is 0. The summed E-state index contributed by atoms with van der Waals surface area (Å²) in [6.07, 6.45) is 4.41. The van der Waals surface area contributed by atoms with Crippen molar-refractivity contribution in [2.45, 2.75) is 59.4 Å². The molecule has 0 spiro atoms. The first-order chi connectivity index (χ1) is 11.7. The van der Waals surface area contributed by atoms with Gasteiger partial charge in [-0.25, -0.2) is 0 Å². The predicted octanol–water partition coefficient (Wildman–Crippen LogP) is 3.54. The van der Waals surface area contributed by atoms with Crippen LogP contribution in [-0.4, -0.2) is 24.4 Å². The monoisotopic (exact) mass is 340 g/mol. The molecule has 0 aromatic heterocycles. The van der Waals surface area contributed by atoms with Gasteiger partial charge in [0.25, 0.3) is 5.91 Å². The molecule has 2 fully saturated rings. The van der Waals surface area contributed by atoms with Gasteiger partial charge in [0.05, 0.1) is 0 Å². The number of carbonyl (C=O) groups is 2. The van der Waals surface area contributed by atoms with E-state index in [1.165, 1.54) is 12.8 Å². The van der Waals surface area contributed by atoms with Crippen LogP contribution in [-0.2, 0) is 11.2 Å². The summed E-state index contributed by atoms with van der Waals surface area (Å²) in [6, 6.07) is 6.01. The number of carbonyl (C=O) groups excluding carboxylic acids is 2. The number of rotatable bonds is 2. The number of hydrogen-bond acceptors (Lipinski definition) is 2. The van der Waals surface area contributed by atoms with E-state index in [4.69, 9.17) is 0 Å². The van der Waals surface area contributed by atoms with Crippen LogP contribution in [0.25, 0.3) is 0 Å². The van der Waals surface area contributed by atoms with Crippen LogP contribution in [0.4, 0.5) is 5.69 Å². The smallest absolute Gasteiger partial charge is 0.251 e. The van der Waals surface area contributed by atoms with E-state index in [1.807, 2.05) is 18.2 Å². The average molecular weight is 340 g/mol. The largest absolute Gasteiger partial charge is 0.349 e. The number of fused-ring (bicyclic) bond motifs is 3. The third-order valence-electron chi connectivity index (χ3n) is 7.72. The first-order valence-electron chi connectivity index (χ1n) is 9.46. The SMILES string of the molecule is CC(=O)N1CCc2cc(C(=O)NC3CC4CCC3(C)C4(C)C)ccc21. The zero-order valence-electron chi connectivity index (χ0n) is 15.7. The van der Waals surface area contributed by atoms with Crippen molar-refractivity contribution < 1.29 is 9.59 Å². The van der Waals surface area contributed by atoms with Gasteiger partial charge in [-0.2, -0.15) is 0 Å². The maximum absolute atomic E-state index is 12.9. The lowest BCUT2D eigenvalue weighted by Gasteiger charge is -2.39. The van der Waals surface area contributed by atoms with Crippen molar-refractivity contribution in [3.05, 3.63) is 29.3 Å². The first-order valence-corrected chi connectivity index (χ1v) is 9.46. The van der Waals surface area contributed by atoms with E-state index >= 15 is 0 Å². The molecule has 1 aromatic rings. The minimum atomic E-state index is 0.0265. The van der Waals surface area contributed by atoms with Crippen LogP contribution in [0.3, 0.4) is 0 Å². The minimum absolute atomic E-state index is 0.0265. The van der Waals surface area contributed by atoms with Gasteiger partial charge in [0.1, 0.15) is 0 Å². The Hall–Kier alpha value is -1.84. The average Bonchev–Trinajstić information content (AvgIpc) is 3.13. The molecule has 2 saturated carbocycles. The second kappa shape index (κ2) is 5.33. The fraction of sp³-hybridized carbons (Fsp3) is 0.619. The van der Waals surface area contributed by atoms with Crippen molar-refractivity contribution in [2.24, 2.45) is 16.7 Å². The lowest BCUT2D eigenvalue weighted by atomic mass is 9.69. The summed E-state index contributed by atoms with van der Waals surface area (Å²) in [5, 5.41) is 3.33. The van der Waals surface area contributed by atoms with Crippen molar-refractivity contribution in [2.75, 3.05) is 11.4 Å². The molecule has 2 amide bonds. The molecule has 1 aliphatic heterocycles. The van der Waals surface area contributed by atoms with Gasteiger partial charge in [0.15, 0.2) is 0 Å². The minimum Gasteiger partial charge on any atom is -0.349 e. The molecule has 2 aliphatic carbocycles. The van der Waals surface area contributed by atoms with E-state index in [1.54, 1.807) is 11.8 Å². The van der Waals surface area contributed by atoms with Crippen LogP contribution in [0.15, 0.2) is 18.2 Å². The number of benzene rings is 1. The highest BCUT2D eigenvalue weighted by Crippen LogP contribution is 2.65. The van der Waals surface area contributed by atoms with Crippen molar-refractivity contribution >= 4 is 17.5 Å². The summed E-state index contributed by atoms with van der Waals surface area (Å²) in [5.41, 5.74) is 3.26. The van der Waals surface area contributed by atoms with E-state index in [2.05, 4.69) is 26.1 Å². The predicted molar refractivity (Wildman–Crippen MR) is 98.7 cm³/mol. The van der Waals surface area contributed by atoms with Gasteiger partial charge in [0, 0.05) is 30.8 Å². The zero-order valence-corrected chi connectivity index (χ0v) is 15.7. The third kappa shape index (κ3) is 2.26. The van der Waals surface area contributed by atoms with Gasteiger partial charge in [-0.3, -0.25) is 9.59 Å². The lowest BCUT2D eigenvalue weighted by molar-refractivity contribution is -0.116. The molecule has 0 radical (unpaired) electrons. The first kappa shape index (κ1) is 16.6. The Labute approximate surface area is 150 Å². The Morgan fingerprint density at radius 1 is 1.24 bits per heavy atom. The molecule has 25 heavy (non-hydrogen) atoms. The van der Waals surface area contributed by atoms with Crippen LogP contribution in [0.5, 0.6) is 0 Å². The van der Waals surface area contributed by atoms with Crippen LogP contribution in [0.2, 0.25) is 0 Å². The molecule has 4 heteroatoms. The summed E-state index contributed by atoms with van der Waals surface area (Å²) < 4.78 is 0. The normalized spacial score (nSPS) is 31.9. The Bertz CT molecular complexity index is 754. The van der Waals surface area contributed by atoms with Gasteiger partial charge in [-0.15, -0.1) is 0 Å². The van der Waals surface area contributed by atoms with E-state index < -0.39 is 0 Å². The van der Waals surface area contributed by atoms with Gasteiger partial charge >= 0.3 is 0 Å². The number of hydrogen-bond donors (Lipinski definition) is 1. The van der Waals surface area contributed by atoms with E-state index in [9.17, 15) is 9.59 Å². The maximum Gasteiger partial charge on any atom is 0.251 e. The fourth-order valence-electron chi connectivity index (χ4n) is 5.53. The Morgan fingerprint density at radius 3 is 2.60 bits per heavy atom. The summed E-state index contributed by atoms with van der Waals surface area (Å²) >= 11 is 0. The fourth-order valence-corrected chi connectivity index (χ4v) is 5.53. The standard InChI is InChI=1S/C21H28N2O2/c1-13(24)23-10-8-14-11-15(5-6-17(14)23)19(25)22-18-12-16-7-9-21(18,4)20(16,2)3/h5-6,11,16,18H,7-10,12H2,1-4H3,(H,22,25). The van der Waals surface area contributed by atoms with E-state index in [0.29, 0.717) is 23.4 Å². The summed E-state index contributed by atoms with van der Waals surface area (Å²) in [4.78, 5) is 26.3. The maximum atomic E-state index is 12.9. The molecule has 3 unspecified atom stereocenters. The molecule has 4 nitrogen and oxygen atoms in total. The van der Waals surface area contributed by atoms with E-state index in [0.717, 1.165) is 24.1 Å². The molecule has 4 rings (SSSR count). The van der Waals surface area contributed by atoms with Gasteiger partial charge < -0.3 is 10.2 Å². The second-order valence-corrected chi connectivity index (χ2v) is 8.90. The van der Waals surface area contributed by atoms with Crippen LogP contribution >= 0.6 is 0 Å². The molecule has 1 aromatic carbocycles. The van der Waals surface area contributed by atoms with Crippen molar-refractivity contribution in [1.29, 1.82) is 0 Å². The highest BCUT2D eigenvalue weighted by Gasteiger charge is 2.61. The zero-order chi connectivity index (χ0) is 18.0. The highest BCUT2D eigenvalue weighted by atomic mass is 16.2. The number of amides is 2. The Balaban J connectivity index is 1.53. The molecule has 134 valence electrons. The molecule has 0 saturated heterocycles. The topological polar surface area (TPSA) is 49.4 Å². The molecular formula is C21H28N2O2. The molecule has 3 atom stereocenters. The summed E-state index contributed by atoms with van der Waals surface area (Å²) in [6.45, 7) is 9.38. The quantitative estimate of drug-likeness (QED) is 0.895. The molecule has 2 bridgehead atoms. The van der Waals surface area contributed by atoms with Crippen molar-refractivity contribution in [1.82, 2.24) is 5.32 Å². The van der Waals surface area contributed by atoms with Gasteiger partial charge in [-0.05, 0) is 66.2 Å². The molecule has 1 N–H and O–H groups in total. The van der Waals surface area contributed by atoms with Crippen LogP contribution in [0.1, 0.15) is 62.9 Å². The van der Waals surface area contributed by atoms with Crippen molar-refractivity contribution in [3.63, 3.8) is 0 Å². The number of anilines is 1. The van der Waals surface area contributed by atoms with Crippen LogP contribution in [0, 0.1) is 16.7 Å². The third-order valence-corrected chi connectivity index (χ3v) is 7.72. The van der Waals surface area contributed by atoms with Gasteiger partial charge in [-0.1, -0.05) is 20.8 Å². The Morgan fingerprint density at radius 2 is 2.00 bits per heavy atom. The molecule has 1 heterocycles. The number of nitrogens with zero attached hydrogens (tertiary/aromatic N) is 1. The molecular weight excluding hydrogens is 312 g/mol. The summed E-state index contributed by atoms with van der Waals surface area (Å²) in [5.74, 6) is 0.804. The van der Waals surface area contributed by atoms with E-state index in [-0.39, 0.29) is 23.3 Å². The lowest BCUT2D eigenvalue weighted by Crippen LogP contribution is -2.46. The second-order valence-electron chi connectivity index (χ2n) is 8.90. The highest BCUT2D eigenvalue weighted by molar-refractivity contribution is 5.98. The Kier molecular flexibility index (Phi) is 3.54. The van der Waals surface area contributed by atoms with Gasteiger partial charge in [0.2, 0.25) is 5.91 Å². The molecule has 3 aliphatic rings.